The van der Waals surface area contributed by atoms with Gasteiger partial charge < -0.3 is 10.5 Å². The Balaban J connectivity index is 0. The molecule has 4 nitrogen and oxygen atoms in total. The number of methoxy groups -OCH3 is 1. The Labute approximate surface area is 72.4 Å². The lowest BCUT2D eigenvalue weighted by molar-refractivity contribution is -0.134. The predicted molar refractivity (Wildman–Crippen MR) is 46.3 cm³/mol. The molecule has 0 fully saturated rings. The highest BCUT2D eigenvalue weighted by Gasteiger charge is 1.84. The summed E-state index contributed by atoms with van der Waals surface area (Å²) < 4.78 is 4.14. The maximum atomic E-state index is 9.84. The first kappa shape index (κ1) is 13.3. The van der Waals surface area contributed by atoms with Gasteiger partial charge in [0.1, 0.15) is 0 Å². The zero-order chi connectivity index (χ0) is 9.98. The van der Waals surface area contributed by atoms with Gasteiger partial charge in [0.05, 0.1) is 7.11 Å². The topological polar surface area (TPSA) is 69.4 Å². The molecule has 0 rings (SSSR count). The second kappa shape index (κ2) is 9.68. The van der Waals surface area contributed by atoms with Crippen LogP contribution in [0.15, 0.2) is 12.7 Å². The first-order chi connectivity index (χ1) is 5.58. The van der Waals surface area contributed by atoms with Crippen molar-refractivity contribution in [2.45, 2.75) is 19.8 Å². The van der Waals surface area contributed by atoms with Crippen LogP contribution in [0.2, 0.25) is 0 Å². The third-order valence-corrected chi connectivity index (χ3v) is 0.864. The molecule has 0 aromatic heterocycles. The monoisotopic (exact) mass is 173 g/mol. The fraction of sp³-hybridized carbons (Fsp3) is 0.500. The van der Waals surface area contributed by atoms with E-state index in [0.717, 1.165) is 12.5 Å². The van der Waals surface area contributed by atoms with Crippen LogP contribution >= 0.6 is 0 Å². The molecule has 0 spiro atoms. The number of esters is 1. The summed E-state index contributed by atoms with van der Waals surface area (Å²) in [5.74, 6) is -0.604. The van der Waals surface area contributed by atoms with Gasteiger partial charge in [-0.25, -0.2) is 4.79 Å². The maximum absolute atomic E-state index is 9.84. The van der Waals surface area contributed by atoms with Gasteiger partial charge in [-0.1, -0.05) is 13.5 Å². The SMILES string of the molecule is C=CC(=O)OC.CCCC(N)=O. The molecule has 1 amide bonds. The van der Waals surface area contributed by atoms with Crippen molar-refractivity contribution in [1.29, 1.82) is 0 Å². The third-order valence-electron chi connectivity index (χ3n) is 0.864. The molecule has 70 valence electrons. The van der Waals surface area contributed by atoms with Crippen molar-refractivity contribution in [3.63, 3.8) is 0 Å². The molecule has 0 saturated carbocycles. The molecule has 0 heterocycles. The van der Waals surface area contributed by atoms with Crippen molar-refractivity contribution >= 4 is 11.9 Å². The standard InChI is InChI=1S/C4H9NO.C4H6O2/c1-2-3-4(5)6;1-3-4(5)6-2/h2-3H2,1H3,(H2,5,6);3H,1H2,2H3. The highest BCUT2D eigenvalue weighted by atomic mass is 16.5. The lowest BCUT2D eigenvalue weighted by Crippen LogP contribution is -2.08. The van der Waals surface area contributed by atoms with Crippen LogP contribution in [0.4, 0.5) is 0 Å². The maximum Gasteiger partial charge on any atom is 0.329 e. The minimum absolute atomic E-state index is 0.211. The fourth-order valence-corrected chi connectivity index (χ4v) is 0.330. The first-order valence-corrected chi connectivity index (χ1v) is 3.57. The second-order valence-corrected chi connectivity index (χ2v) is 1.94. The lowest BCUT2D eigenvalue weighted by atomic mass is 10.3. The van der Waals surface area contributed by atoms with E-state index in [0.29, 0.717) is 6.42 Å². The fourth-order valence-electron chi connectivity index (χ4n) is 0.330. The van der Waals surface area contributed by atoms with Crippen molar-refractivity contribution in [3.05, 3.63) is 12.7 Å². The van der Waals surface area contributed by atoms with Crippen LogP contribution in [-0.4, -0.2) is 19.0 Å². The van der Waals surface area contributed by atoms with Crippen LogP contribution in [0.1, 0.15) is 19.8 Å². The van der Waals surface area contributed by atoms with Crippen LogP contribution in [0.5, 0.6) is 0 Å². The summed E-state index contributed by atoms with van der Waals surface area (Å²) in [4.78, 5) is 19.7. The molecular formula is C8H15NO3. The van der Waals surface area contributed by atoms with E-state index in [1.165, 1.54) is 7.11 Å². The largest absolute Gasteiger partial charge is 0.466 e. The third kappa shape index (κ3) is 15.9. The molecule has 0 aromatic rings. The van der Waals surface area contributed by atoms with Gasteiger partial charge in [0, 0.05) is 12.5 Å². The van der Waals surface area contributed by atoms with Crippen LogP contribution in [0.25, 0.3) is 0 Å². The number of carbonyl (C=O) groups excluding carboxylic acids is 2. The van der Waals surface area contributed by atoms with Gasteiger partial charge in [-0.15, -0.1) is 0 Å². The van der Waals surface area contributed by atoms with Gasteiger partial charge in [-0.3, -0.25) is 4.79 Å². The average Bonchev–Trinajstić information content (AvgIpc) is 2.04. The predicted octanol–water partition coefficient (Wildman–Crippen LogP) is 0.617. The van der Waals surface area contributed by atoms with Gasteiger partial charge in [0.2, 0.25) is 5.91 Å². The van der Waals surface area contributed by atoms with Crippen molar-refractivity contribution in [3.8, 4) is 0 Å². The molecular weight excluding hydrogens is 158 g/mol. The molecule has 0 atom stereocenters. The summed E-state index contributed by atoms with van der Waals surface area (Å²) in [7, 11) is 1.31. The Morgan fingerprint density at radius 3 is 2.08 bits per heavy atom. The van der Waals surface area contributed by atoms with Crippen molar-refractivity contribution < 1.29 is 14.3 Å². The van der Waals surface area contributed by atoms with Gasteiger partial charge in [0.15, 0.2) is 0 Å². The molecule has 2 N–H and O–H groups in total. The Bertz CT molecular complexity index is 154. The van der Waals surface area contributed by atoms with E-state index in [1.807, 2.05) is 6.92 Å². The number of nitrogens with two attached hydrogens (primary N) is 1. The van der Waals surface area contributed by atoms with Crippen LogP contribution < -0.4 is 5.73 Å². The molecule has 0 aliphatic carbocycles. The zero-order valence-electron chi connectivity index (χ0n) is 7.50. The van der Waals surface area contributed by atoms with E-state index in [4.69, 9.17) is 5.73 Å². The Morgan fingerprint density at radius 1 is 1.58 bits per heavy atom. The number of ether oxygens (including phenoxy) is 1. The zero-order valence-corrected chi connectivity index (χ0v) is 7.50. The number of amides is 1. The molecule has 0 radical (unpaired) electrons. The lowest BCUT2D eigenvalue weighted by Gasteiger charge is -1.83. The average molecular weight is 173 g/mol. The van der Waals surface area contributed by atoms with Gasteiger partial charge in [-0.05, 0) is 6.42 Å². The van der Waals surface area contributed by atoms with Crippen molar-refractivity contribution in [2.75, 3.05) is 7.11 Å². The highest BCUT2D eigenvalue weighted by molar-refractivity contribution is 5.80. The van der Waals surface area contributed by atoms with Crippen LogP contribution in [-0.2, 0) is 14.3 Å². The van der Waals surface area contributed by atoms with Gasteiger partial charge in [-0.2, -0.15) is 0 Å². The molecule has 0 aliphatic rings. The molecule has 4 heteroatoms. The summed E-state index contributed by atoms with van der Waals surface area (Å²) in [6.45, 7) is 5.08. The number of hydrogen-bond donors (Lipinski definition) is 1. The van der Waals surface area contributed by atoms with E-state index >= 15 is 0 Å². The minimum Gasteiger partial charge on any atom is -0.466 e. The van der Waals surface area contributed by atoms with E-state index in [-0.39, 0.29) is 5.91 Å². The molecule has 0 unspecified atom stereocenters. The number of rotatable bonds is 3. The Hall–Kier alpha value is -1.32. The van der Waals surface area contributed by atoms with E-state index in [9.17, 15) is 9.59 Å². The summed E-state index contributed by atoms with van der Waals surface area (Å²) in [5.41, 5.74) is 4.76. The van der Waals surface area contributed by atoms with Crippen molar-refractivity contribution in [1.82, 2.24) is 0 Å². The highest BCUT2D eigenvalue weighted by Crippen LogP contribution is 1.79. The molecule has 0 saturated heterocycles. The summed E-state index contributed by atoms with van der Waals surface area (Å²) in [6, 6.07) is 0. The smallest absolute Gasteiger partial charge is 0.329 e. The molecule has 12 heavy (non-hydrogen) atoms. The quantitative estimate of drug-likeness (QED) is 0.502. The molecule has 0 bridgehead atoms. The van der Waals surface area contributed by atoms with Gasteiger partial charge >= 0.3 is 5.97 Å². The Kier molecular flexibility index (Phi) is 10.7. The van der Waals surface area contributed by atoms with Crippen molar-refractivity contribution in [2.24, 2.45) is 5.73 Å². The van der Waals surface area contributed by atoms with E-state index < -0.39 is 5.97 Å². The van der Waals surface area contributed by atoms with E-state index in [1.54, 1.807) is 0 Å². The minimum atomic E-state index is -0.394. The summed E-state index contributed by atoms with van der Waals surface area (Å²) in [5, 5.41) is 0. The molecule has 0 aromatic carbocycles. The van der Waals surface area contributed by atoms with Crippen LogP contribution in [0, 0.1) is 0 Å². The molecule has 0 aliphatic heterocycles. The first-order valence-electron chi connectivity index (χ1n) is 3.57. The summed E-state index contributed by atoms with van der Waals surface area (Å²) >= 11 is 0. The van der Waals surface area contributed by atoms with Crippen LogP contribution in [0.3, 0.4) is 0 Å². The number of carbonyl (C=O) groups is 2. The number of primary amides is 1. The number of hydrogen-bond acceptors (Lipinski definition) is 3. The van der Waals surface area contributed by atoms with E-state index in [2.05, 4.69) is 11.3 Å². The normalized spacial score (nSPS) is 7.50. The second-order valence-electron chi connectivity index (χ2n) is 1.94. The van der Waals surface area contributed by atoms with Gasteiger partial charge in [0.25, 0.3) is 0 Å². The summed E-state index contributed by atoms with van der Waals surface area (Å²) in [6.07, 6.45) is 2.48. The Morgan fingerprint density at radius 2 is 2.08 bits per heavy atom.